The van der Waals surface area contributed by atoms with Crippen LogP contribution in [0.4, 0.5) is 13.2 Å². The summed E-state index contributed by atoms with van der Waals surface area (Å²) in [7, 11) is 0. The van der Waals surface area contributed by atoms with Gasteiger partial charge in [-0.05, 0) is 6.07 Å². The monoisotopic (exact) mass is 200 g/mol. The summed E-state index contributed by atoms with van der Waals surface area (Å²) in [5, 5.41) is 0. The van der Waals surface area contributed by atoms with Gasteiger partial charge in [-0.25, -0.2) is 18.2 Å². The Labute approximate surface area is 78.0 Å². The van der Waals surface area contributed by atoms with Gasteiger partial charge in [-0.3, -0.25) is 0 Å². The zero-order valence-electron chi connectivity index (χ0n) is 6.93. The van der Waals surface area contributed by atoms with Crippen LogP contribution in [0, 0.1) is 17.5 Å². The van der Waals surface area contributed by atoms with Crippen molar-refractivity contribution in [2.75, 3.05) is 6.61 Å². The summed E-state index contributed by atoms with van der Waals surface area (Å²) >= 11 is 0. The summed E-state index contributed by atoms with van der Waals surface area (Å²) < 4.78 is 43.1. The first kappa shape index (κ1) is 9.05. The van der Waals surface area contributed by atoms with Crippen LogP contribution < -0.4 is 0 Å². The van der Waals surface area contributed by atoms with Crippen molar-refractivity contribution < 1.29 is 17.9 Å². The Morgan fingerprint density at radius 2 is 1.93 bits per heavy atom. The van der Waals surface area contributed by atoms with Crippen molar-refractivity contribution in [1.29, 1.82) is 0 Å². The molecule has 1 aliphatic heterocycles. The van der Waals surface area contributed by atoms with E-state index in [2.05, 4.69) is 16.1 Å². The lowest BCUT2D eigenvalue weighted by molar-refractivity contribution is 0.326. The Morgan fingerprint density at radius 1 is 1.21 bits per heavy atom. The third kappa shape index (κ3) is 1.45. The fraction of sp³-hybridized carbons (Fsp3) is 0.222. The molecule has 0 aliphatic carbocycles. The maximum absolute atomic E-state index is 13.1. The van der Waals surface area contributed by atoms with E-state index in [0.717, 1.165) is 6.07 Å². The Balaban J connectivity index is 2.42. The lowest BCUT2D eigenvalue weighted by atomic mass is 10.1. The van der Waals surface area contributed by atoms with Crippen LogP contribution in [0.5, 0.6) is 0 Å². The minimum absolute atomic E-state index is 0.0195. The smallest absolute Gasteiger partial charge is 0.273 e. The fourth-order valence-electron chi connectivity index (χ4n) is 1.21. The zero-order valence-corrected chi connectivity index (χ0v) is 6.93. The highest BCUT2D eigenvalue weighted by Gasteiger charge is 2.21. The van der Waals surface area contributed by atoms with Gasteiger partial charge in [-0.2, -0.15) is 0 Å². The maximum Gasteiger partial charge on any atom is 0.273 e. The SMILES string of the molecule is Fc1cc(F)c(C2CO[C]=N2)cc1F. The van der Waals surface area contributed by atoms with E-state index in [9.17, 15) is 13.2 Å². The van der Waals surface area contributed by atoms with Crippen LogP contribution in [0.2, 0.25) is 0 Å². The van der Waals surface area contributed by atoms with E-state index in [1.54, 1.807) is 0 Å². The number of nitrogens with zero attached hydrogens (tertiary/aromatic N) is 1. The molecule has 0 saturated heterocycles. The Morgan fingerprint density at radius 3 is 2.57 bits per heavy atom. The van der Waals surface area contributed by atoms with E-state index in [4.69, 9.17) is 0 Å². The average Bonchev–Trinajstić information content (AvgIpc) is 2.64. The summed E-state index contributed by atoms with van der Waals surface area (Å²) in [4.78, 5) is 3.64. The lowest BCUT2D eigenvalue weighted by Crippen LogP contribution is -2.02. The second-order valence-electron chi connectivity index (χ2n) is 2.84. The normalized spacial score (nSPS) is 19.8. The van der Waals surface area contributed by atoms with Gasteiger partial charge < -0.3 is 4.74 Å². The summed E-state index contributed by atoms with van der Waals surface area (Å²) in [6.07, 6.45) is 2.17. The van der Waals surface area contributed by atoms with Crippen molar-refractivity contribution in [2.24, 2.45) is 4.99 Å². The van der Waals surface area contributed by atoms with Crippen LogP contribution in [0.3, 0.4) is 0 Å². The summed E-state index contributed by atoms with van der Waals surface area (Å²) in [5.74, 6) is -3.13. The molecule has 1 radical (unpaired) electrons. The minimum atomic E-state index is -1.21. The van der Waals surface area contributed by atoms with E-state index >= 15 is 0 Å². The molecule has 1 aromatic rings. The third-order valence-electron chi connectivity index (χ3n) is 1.91. The first-order valence-electron chi connectivity index (χ1n) is 3.89. The quantitative estimate of drug-likeness (QED) is 0.636. The standard InChI is InChI=1S/C9H5F3NO/c10-6-2-8(12)7(11)1-5(6)9-3-14-4-13-9/h1-2,9H,3H2. The molecule has 5 heteroatoms. The van der Waals surface area contributed by atoms with E-state index in [-0.39, 0.29) is 12.2 Å². The fourth-order valence-corrected chi connectivity index (χ4v) is 1.21. The van der Waals surface area contributed by atoms with Crippen molar-refractivity contribution in [3.8, 4) is 0 Å². The summed E-state index contributed by atoms with van der Waals surface area (Å²) in [5.41, 5.74) is -0.0195. The number of hydrogen-bond donors (Lipinski definition) is 0. The Hall–Kier alpha value is -1.52. The van der Waals surface area contributed by atoms with Crippen molar-refractivity contribution in [2.45, 2.75) is 6.04 Å². The van der Waals surface area contributed by atoms with Crippen LogP contribution >= 0.6 is 0 Å². The van der Waals surface area contributed by atoms with Crippen molar-refractivity contribution in [3.63, 3.8) is 0 Å². The number of benzene rings is 1. The molecule has 0 amide bonds. The van der Waals surface area contributed by atoms with Gasteiger partial charge in [0.25, 0.3) is 6.40 Å². The van der Waals surface area contributed by atoms with Crippen molar-refractivity contribution in [3.05, 3.63) is 35.1 Å². The van der Waals surface area contributed by atoms with E-state index in [1.165, 1.54) is 0 Å². The molecule has 1 aromatic carbocycles. The van der Waals surface area contributed by atoms with Gasteiger partial charge in [0.2, 0.25) is 0 Å². The molecule has 0 spiro atoms. The number of halogens is 3. The van der Waals surface area contributed by atoms with Gasteiger partial charge >= 0.3 is 0 Å². The molecule has 1 aliphatic rings. The molecule has 73 valence electrons. The second kappa shape index (κ2) is 3.32. The first-order valence-corrected chi connectivity index (χ1v) is 3.89. The van der Waals surface area contributed by atoms with Crippen molar-refractivity contribution in [1.82, 2.24) is 0 Å². The van der Waals surface area contributed by atoms with Crippen LogP contribution in [0.25, 0.3) is 0 Å². The molecule has 2 rings (SSSR count). The molecule has 0 fully saturated rings. The summed E-state index contributed by atoms with van der Waals surface area (Å²) in [6, 6.07) is 0.651. The lowest BCUT2D eigenvalue weighted by Gasteiger charge is -2.07. The van der Waals surface area contributed by atoms with Crippen LogP contribution in [-0.4, -0.2) is 13.0 Å². The molecule has 1 atom stereocenters. The highest BCUT2D eigenvalue weighted by molar-refractivity contribution is 5.50. The van der Waals surface area contributed by atoms with E-state index in [0.29, 0.717) is 6.07 Å². The van der Waals surface area contributed by atoms with Crippen molar-refractivity contribution >= 4 is 6.40 Å². The number of aliphatic imine (C=N–C) groups is 1. The summed E-state index contributed by atoms with van der Waals surface area (Å²) in [6.45, 7) is 0.0992. The molecule has 0 aromatic heterocycles. The van der Waals surface area contributed by atoms with Gasteiger partial charge in [0.05, 0.1) is 0 Å². The molecule has 1 unspecified atom stereocenters. The molecule has 0 saturated carbocycles. The minimum Gasteiger partial charge on any atom is -0.471 e. The molecule has 2 nitrogen and oxygen atoms in total. The number of hydrogen-bond acceptors (Lipinski definition) is 2. The van der Waals surface area contributed by atoms with Crippen LogP contribution in [-0.2, 0) is 4.74 Å². The predicted molar refractivity (Wildman–Crippen MR) is 42.4 cm³/mol. The van der Waals surface area contributed by atoms with Gasteiger partial charge in [0.1, 0.15) is 18.5 Å². The molecule has 0 bridgehead atoms. The van der Waals surface area contributed by atoms with Gasteiger partial charge in [-0.15, -0.1) is 0 Å². The predicted octanol–water partition coefficient (Wildman–Crippen LogP) is 2.08. The molecular weight excluding hydrogens is 195 g/mol. The van der Waals surface area contributed by atoms with Gasteiger partial charge in [0, 0.05) is 11.6 Å². The highest BCUT2D eigenvalue weighted by atomic mass is 19.2. The zero-order chi connectivity index (χ0) is 10.1. The van der Waals surface area contributed by atoms with E-state index in [1.807, 2.05) is 0 Å². The Bertz CT molecular complexity index is 392. The first-order chi connectivity index (χ1) is 6.68. The highest BCUT2D eigenvalue weighted by Crippen LogP contribution is 2.25. The van der Waals surface area contributed by atoms with Gasteiger partial charge in [0.15, 0.2) is 11.6 Å². The number of rotatable bonds is 1. The van der Waals surface area contributed by atoms with E-state index < -0.39 is 23.5 Å². The van der Waals surface area contributed by atoms with Gasteiger partial charge in [-0.1, -0.05) is 0 Å². The number of ether oxygens (including phenoxy) is 1. The molecular formula is C9H5F3NO. The molecule has 1 heterocycles. The maximum atomic E-state index is 13.1. The second-order valence-corrected chi connectivity index (χ2v) is 2.84. The average molecular weight is 200 g/mol. The molecule has 0 N–H and O–H groups in total. The van der Waals surface area contributed by atoms with Crippen LogP contribution in [0.1, 0.15) is 11.6 Å². The third-order valence-corrected chi connectivity index (χ3v) is 1.91. The molecule has 14 heavy (non-hydrogen) atoms. The van der Waals surface area contributed by atoms with Crippen LogP contribution in [0.15, 0.2) is 17.1 Å². The largest absolute Gasteiger partial charge is 0.471 e. The Kier molecular flexibility index (Phi) is 2.15. The topological polar surface area (TPSA) is 21.6 Å².